The smallest absolute Gasteiger partial charge is 0.326 e. The molecule has 0 saturated carbocycles. The van der Waals surface area contributed by atoms with Crippen LogP contribution in [0.15, 0.2) is 70.7 Å². The Bertz CT molecular complexity index is 1790. The molecule has 1 aromatic carbocycles. The number of pyridine rings is 1. The molecule has 1 saturated heterocycles. The molecule has 1 aliphatic rings. The van der Waals surface area contributed by atoms with Gasteiger partial charge in [0.05, 0.1) is 17.9 Å². The molecule has 5 heterocycles. The summed E-state index contributed by atoms with van der Waals surface area (Å²) in [5.41, 5.74) is 2.76. The maximum absolute atomic E-state index is 11.6. The number of benzene rings is 1. The molecule has 5 aromatic rings. The predicted octanol–water partition coefficient (Wildman–Crippen LogP) is 2.36. The lowest BCUT2D eigenvalue weighted by atomic mass is 10.1. The molecule has 0 spiro atoms. The van der Waals surface area contributed by atoms with E-state index in [1.54, 1.807) is 22.9 Å². The fourth-order valence-electron chi connectivity index (χ4n) is 4.70. The van der Waals surface area contributed by atoms with E-state index in [0.717, 1.165) is 43.9 Å². The Morgan fingerprint density at radius 2 is 2.03 bits per heavy atom. The first kappa shape index (κ1) is 24.8. The molecule has 4 aromatic heterocycles. The van der Waals surface area contributed by atoms with Gasteiger partial charge in [-0.1, -0.05) is 23.7 Å². The summed E-state index contributed by atoms with van der Waals surface area (Å²) in [6, 6.07) is 15.3. The van der Waals surface area contributed by atoms with E-state index in [2.05, 4.69) is 30.3 Å². The molecule has 0 atom stereocenters. The summed E-state index contributed by atoms with van der Waals surface area (Å²) < 4.78 is 1.68. The van der Waals surface area contributed by atoms with E-state index in [1.165, 1.54) is 0 Å². The van der Waals surface area contributed by atoms with Crippen LogP contribution in [0.1, 0.15) is 24.2 Å². The number of aromatic nitrogens is 6. The lowest BCUT2D eigenvalue weighted by Gasteiger charge is -2.29. The standard InChI is InChI=1S/C27H26ClN9O2/c28-18-4-3-6-20(13-18)31-23-14-24(32-19-7-10-36(11-8-19)16-21-5-1-2-9-29-21)37-25(34-23)17(15-30-37)12-22-26(38)35-27(39)33-22/h1-6,9,12-15,19,31,38H,7-8,10-11,16H2,(H2,33,35,39). The van der Waals surface area contributed by atoms with Gasteiger partial charge in [-0.2, -0.15) is 9.61 Å². The molecule has 39 heavy (non-hydrogen) atoms. The number of fused-ring (bicyclic) bond motifs is 1. The van der Waals surface area contributed by atoms with Crippen LogP contribution >= 0.6 is 11.6 Å². The monoisotopic (exact) mass is 543 g/mol. The summed E-state index contributed by atoms with van der Waals surface area (Å²) >= 11 is 6.18. The number of likely N-dealkylation sites (tertiary alicyclic amines) is 1. The molecule has 0 unspecified atom stereocenters. The molecule has 6 rings (SSSR count). The number of halogens is 1. The van der Waals surface area contributed by atoms with Crippen LogP contribution in [0.5, 0.6) is 5.88 Å². The number of aromatic hydroxyl groups is 1. The highest BCUT2D eigenvalue weighted by molar-refractivity contribution is 6.30. The van der Waals surface area contributed by atoms with Gasteiger partial charge in [0.2, 0.25) is 5.88 Å². The van der Waals surface area contributed by atoms with Gasteiger partial charge in [0.15, 0.2) is 11.1 Å². The van der Waals surface area contributed by atoms with Crippen LogP contribution in [0.2, 0.25) is 5.02 Å². The van der Waals surface area contributed by atoms with Gasteiger partial charge in [-0.25, -0.2) is 9.78 Å². The van der Waals surface area contributed by atoms with Gasteiger partial charge in [-0.15, -0.1) is 0 Å². The van der Waals surface area contributed by atoms with Crippen molar-refractivity contribution in [3.63, 3.8) is 0 Å². The maximum Gasteiger partial charge on any atom is 0.326 e. The average Bonchev–Trinajstić information content (AvgIpc) is 3.47. The predicted molar refractivity (Wildman–Crippen MR) is 148 cm³/mol. The first-order valence-electron chi connectivity index (χ1n) is 12.6. The molecule has 0 aliphatic carbocycles. The maximum atomic E-state index is 11.6. The number of hydrogen-bond acceptors (Lipinski definition) is 8. The average molecular weight is 544 g/mol. The van der Waals surface area contributed by atoms with Crippen molar-refractivity contribution in [3.05, 3.63) is 98.5 Å². The quantitative estimate of drug-likeness (QED) is 0.258. The van der Waals surface area contributed by atoms with Crippen molar-refractivity contribution in [3.8, 4) is 5.88 Å². The highest BCUT2D eigenvalue weighted by atomic mass is 35.5. The fraction of sp³-hybridized carbons (Fsp3) is 0.222. The van der Waals surface area contributed by atoms with E-state index < -0.39 is 5.69 Å². The Balaban J connectivity index is 1.35. The second-order valence-corrected chi connectivity index (χ2v) is 9.85. The summed E-state index contributed by atoms with van der Waals surface area (Å²) in [7, 11) is 0. The molecule has 198 valence electrons. The van der Waals surface area contributed by atoms with Crippen molar-refractivity contribution >= 4 is 34.8 Å². The second-order valence-electron chi connectivity index (χ2n) is 9.41. The number of anilines is 2. The highest BCUT2D eigenvalue weighted by Crippen LogP contribution is 2.19. The van der Waals surface area contributed by atoms with Gasteiger partial charge in [-0.05, 0) is 49.2 Å². The topological polar surface area (TPSA) is 140 Å². The Morgan fingerprint density at radius 1 is 1.15 bits per heavy atom. The largest absolute Gasteiger partial charge is 0.493 e. The van der Waals surface area contributed by atoms with E-state index in [0.29, 0.717) is 27.2 Å². The number of hydrogen-bond donors (Lipinski definition) is 4. The third-order valence-electron chi connectivity index (χ3n) is 6.60. The van der Waals surface area contributed by atoms with E-state index in [4.69, 9.17) is 21.6 Å². The number of imidazole rings is 1. The molecule has 1 aliphatic heterocycles. The van der Waals surface area contributed by atoms with Gasteiger partial charge >= 0.3 is 5.69 Å². The van der Waals surface area contributed by atoms with Crippen LogP contribution in [-0.2, 0) is 6.54 Å². The number of H-pyrrole nitrogens is 2. The Morgan fingerprint density at radius 3 is 2.77 bits per heavy atom. The van der Waals surface area contributed by atoms with E-state index >= 15 is 0 Å². The van der Waals surface area contributed by atoms with Crippen molar-refractivity contribution in [2.45, 2.75) is 25.4 Å². The SMILES string of the molecule is O=c1[nH]c(O)c(C=c2cnn3c(=NC4CCN(Cc5ccccn5)CC4)cc(Nc4cccc(Cl)c4)nc23)[nH]1. The van der Waals surface area contributed by atoms with Crippen molar-refractivity contribution in [2.24, 2.45) is 4.99 Å². The van der Waals surface area contributed by atoms with Crippen molar-refractivity contribution in [1.82, 2.24) is 34.4 Å². The third kappa shape index (κ3) is 5.69. The van der Waals surface area contributed by atoms with Crippen molar-refractivity contribution in [2.75, 3.05) is 18.4 Å². The lowest BCUT2D eigenvalue weighted by Crippen LogP contribution is -2.36. The van der Waals surface area contributed by atoms with Crippen LogP contribution in [0.3, 0.4) is 0 Å². The van der Waals surface area contributed by atoms with Crippen LogP contribution in [0, 0.1) is 0 Å². The van der Waals surface area contributed by atoms with Crippen LogP contribution in [-0.4, -0.2) is 58.7 Å². The minimum Gasteiger partial charge on any atom is -0.493 e. The zero-order valence-corrected chi connectivity index (χ0v) is 21.6. The molecule has 12 heteroatoms. The number of nitrogens with one attached hydrogen (secondary N) is 3. The zero-order chi connectivity index (χ0) is 26.8. The number of aromatic amines is 2. The van der Waals surface area contributed by atoms with Crippen molar-refractivity contribution in [1.29, 1.82) is 0 Å². The second kappa shape index (κ2) is 10.7. The van der Waals surface area contributed by atoms with Gasteiger partial charge in [0.25, 0.3) is 0 Å². The van der Waals surface area contributed by atoms with Gasteiger partial charge < -0.3 is 15.4 Å². The number of rotatable bonds is 6. The van der Waals surface area contributed by atoms with Crippen LogP contribution in [0.25, 0.3) is 11.7 Å². The summed E-state index contributed by atoms with van der Waals surface area (Å²) in [4.78, 5) is 33.2. The summed E-state index contributed by atoms with van der Waals surface area (Å²) in [5.74, 6) is 0.313. The molecular weight excluding hydrogens is 518 g/mol. The zero-order valence-electron chi connectivity index (χ0n) is 20.9. The van der Waals surface area contributed by atoms with Crippen molar-refractivity contribution < 1.29 is 5.11 Å². The van der Waals surface area contributed by atoms with Gasteiger partial charge in [-0.3, -0.25) is 19.9 Å². The normalized spacial score (nSPS) is 15.8. The third-order valence-corrected chi connectivity index (χ3v) is 6.83. The molecule has 11 nitrogen and oxygen atoms in total. The van der Waals surface area contributed by atoms with Gasteiger partial charge in [0.1, 0.15) is 11.5 Å². The minimum atomic E-state index is -0.503. The molecule has 4 N–H and O–H groups in total. The Labute approximate surface area is 227 Å². The Hall–Kier alpha value is -4.48. The minimum absolute atomic E-state index is 0.122. The van der Waals surface area contributed by atoms with E-state index in [9.17, 15) is 9.90 Å². The van der Waals surface area contributed by atoms with Crippen LogP contribution < -0.4 is 21.7 Å². The summed E-state index contributed by atoms with van der Waals surface area (Å²) in [6.45, 7) is 2.67. The molecular formula is C27H26ClN9O2. The van der Waals surface area contributed by atoms with Gasteiger partial charge in [0, 0.05) is 47.8 Å². The lowest BCUT2D eigenvalue weighted by molar-refractivity contribution is 0.202. The summed E-state index contributed by atoms with van der Waals surface area (Å²) in [6.07, 6.45) is 6.89. The van der Waals surface area contributed by atoms with E-state index in [1.807, 2.05) is 48.7 Å². The van der Waals surface area contributed by atoms with E-state index in [-0.39, 0.29) is 17.6 Å². The van der Waals surface area contributed by atoms with Crippen LogP contribution in [0.4, 0.5) is 11.5 Å². The highest BCUT2D eigenvalue weighted by Gasteiger charge is 2.19. The Kier molecular flexibility index (Phi) is 6.82. The molecule has 0 radical (unpaired) electrons. The molecule has 0 amide bonds. The fourth-order valence-corrected chi connectivity index (χ4v) is 4.89. The first-order valence-corrected chi connectivity index (χ1v) is 13.0. The molecule has 0 bridgehead atoms. The first-order chi connectivity index (χ1) is 19.0. The number of piperidine rings is 1. The number of nitrogens with zero attached hydrogens (tertiary/aromatic N) is 6. The molecule has 1 fully saturated rings. The summed E-state index contributed by atoms with van der Waals surface area (Å²) in [5, 5.41) is 19.1.